The van der Waals surface area contributed by atoms with Gasteiger partial charge in [0.2, 0.25) is 0 Å². The number of carbonyl (C=O) groups excluding carboxylic acids is 1. The second kappa shape index (κ2) is 7.03. The van der Waals surface area contributed by atoms with E-state index in [9.17, 15) is 9.82 Å². The summed E-state index contributed by atoms with van der Waals surface area (Å²) in [5, 5.41) is 10.7. The molecule has 6 nitrogen and oxygen atoms in total. The van der Waals surface area contributed by atoms with Crippen molar-refractivity contribution in [2.24, 2.45) is 0 Å². The highest BCUT2D eigenvalue weighted by atomic mass is 16.7. The van der Waals surface area contributed by atoms with Crippen LogP contribution in [0.25, 0.3) is 10.9 Å². The van der Waals surface area contributed by atoms with Gasteiger partial charge in [-0.2, -0.15) is 0 Å². The van der Waals surface area contributed by atoms with E-state index in [0.29, 0.717) is 11.3 Å². The van der Waals surface area contributed by atoms with Crippen molar-refractivity contribution in [2.75, 3.05) is 13.7 Å². The van der Waals surface area contributed by atoms with Gasteiger partial charge in [-0.3, -0.25) is 0 Å². The summed E-state index contributed by atoms with van der Waals surface area (Å²) < 4.78 is 14.8. The highest BCUT2D eigenvalue weighted by molar-refractivity contribution is 6.61. The largest absolute Gasteiger partial charge is 0.581 e. The lowest BCUT2D eigenvalue weighted by Gasteiger charge is -2.07. The van der Waals surface area contributed by atoms with E-state index in [2.05, 4.69) is 4.98 Å². The van der Waals surface area contributed by atoms with Gasteiger partial charge in [-0.1, -0.05) is 13.3 Å². The molecule has 2 aromatic rings. The minimum atomic E-state index is -1.39. The van der Waals surface area contributed by atoms with Crippen LogP contribution in [-0.4, -0.2) is 37.0 Å². The van der Waals surface area contributed by atoms with Crippen molar-refractivity contribution in [2.45, 2.75) is 19.8 Å². The number of methoxy groups -OCH3 is 1. The number of aromatic amines is 1. The molecule has 0 aliphatic carbocycles. The molecule has 1 aromatic carbocycles. The van der Waals surface area contributed by atoms with Crippen LogP contribution in [-0.2, 0) is 9.39 Å². The van der Waals surface area contributed by atoms with Gasteiger partial charge in [-0.05, 0) is 30.7 Å². The maximum Gasteiger partial charge on any atom is 0.581 e. The number of carbonyl (C=O) groups is 1. The lowest BCUT2D eigenvalue weighted by atomic mass is 9.86. The topological polar surface area (TPSA) is 80.8 Å². The van der Waals surface area contributed by atoms with Crippen molar-refractivity contribution in [3.8, 4) is 5.75 Å². The average molecular weight is 291 g/mol. The molecule has 0 aliphatic rings. The molecule has 0 radical (unpaired) electrons. The molecule has 2 rings (SSSR count). The fraction of sp³-hybridized carbons (Fsp3) is 0.357. The quantitative estimate of drug-likeness (QED) is 0.482. The number of aromatic nitrogens is 1. The predicted molar refractivity (Wildman–Crippen MR) is 79.8 cm³/mol. The molecule has 0 atom stereocenters. The molecular weight excluding hydrogens is 273 g/mol. The molecule has 1 heterocycles. The molecule has 0 saturated carbocycles. The summed E-state index contributed by atoms with van der Waals surface area (Å²) in [7, 11) is 0.191. The minimum Gasteiger partial charge on any atom is -0.497 e. The van der Waals surface area contributed by atoms with Crippen LogP contribution >= 0.6 is 0 Å². The fourth-order valence-electron chi connectivity index (χ4n) is 1.88. The number of nitrogens with one attached hydrogen (secondary N) is 1. The van der Waals surface area contributed by atoms with Crippen molar-refractivity contribution in [3.05, 3.63) is 24.3 Å². The van der Waals surface area contributed by atoms with Crippen molar-refractivity contribution >= 4 is 29.8 Å². The normalized spacial score (nSPS) is 10.4. The number of unbranched alkanes of at least 4 members (excludes halogenated alkanes) is 1. The van der Waals surface area contributed by atoms with E-state index in [1.54, 1.807) is 19.2 Å². The van der Waals surface area contributed by atoms with E-state index in [4.69, 9.17) is 14.1 Å². The molecule has 7 heteroatoms. The van der Waals surface area contributed by atoms with Crippen LogP contribution in [0, 0.1) is 0 Å². The maximum absolute atomic E-state index is 11.4. The smallest absolute Gasteiger partial charge is 0.497 e. The Labute approximate surface area is 123 Å². The molecule has 0 saturated heterocycles. The van der Waals surface area contributed by atoms with Crippen LogP contribution in [0.1, 0.15) is 19.8 Å². The SMILES string of the molecule is CCCCOC(=O)OB(O)c1cc2cc(OC)ccc2[nH]1. The molecule has 0 fully saturated rings. The van der Waals surface area contributed by atoms with Crippen LogP contribution in [0.3, 0.4) is 0 Å². The van der Waals surface area contributed by atoms with Crippen LogP contribution in [0.5, 0.6) is 5.75 Å². The van der Waals surface area contributed by atoms with Crippen molar-refractivity contribution in [1.29, 1.82) is 0 Å². The zero-order valence-electron chi connectivity index (χ0n) is 12.1. The van der Waals surface area contributed by atoms with Gasteiger partial charge in [0.05, 0.1) is 19.3 Å². The molecule has 0 amide bonds. The lowest BCUT2D eigenvalue weighted by molar-refractivity contribution is 0.0922. The predicted octanol–water partition coefficient (Wildman–Crippen LogP) is 1.82. The minimum absolute atomic E-state index is 0.284. The van der Waals surface area contributed by atoms with Crippen molar-refractivity contribution in [3.63, 3.8) is 0 Å². The third kappa shape index (κ3) is 3.92. The number of benzene rings is 1. The highest BCUT2D eigenvalue weighted by Crippen LogP contribution is 2.18. The van der Waals surface area contributed by atoms with Gasteiger partial charge in [0.1, 0.15) is 5.75 Å². The van der Waals surface area contributed by atoms with Gasteiger partial charge in [-0.15, -0.1) is 0 Å². The Morgan fingerprint density at radius 3 is 2.90 bits per heavy atom. The van der Waals surface area contributed by atoms with E-state index in [0.717, 1.165) is 23.7 Å². The second-order valence-corrected chi connectivity index (χ2v) is 4.60. The molecule has 2 N–H and O–H groups in total. The van der Waals surface area contributed by atoms with Gasteiger partial charge >= 0.3 is 13.3 Å². The van der Waals surface area contributed by atoms with Crippen LogP contribution in [0.15, 0.2) is 24.3 Å². The molecule has 112 valence electrons. The lowest BCUT2D eigenvalue weighted by Crippen LogP contribution is -2.36. The molecule has 0 aliphatic heterocycles. The zero-order chi connectivity index (χ0) is 15.2. The van der Waals surface area contributed by atoms with Gasteiger partial charge in [-0.25, -0.2) is 4.79 Å². The number of ether oxygens (including phenoxy) is 2. The van der Waals surface area contributed by atoms with Crippen molar-refractivity contribution in [1.82, 2.24) is 4.98 Å². The molecule has 1 aromatic heterocycles. The first-order valence-electron chi connectivity index (χ1n) is 6.82. The summed E-state index contributed by atoms with van der Waals surface area (Å²) in [4.78, 5) is 14.4. The Morgan fingerprint density at radius 1 is 1.38 bits per heavy atom. The van der Waals surface area contributed by atoms with E-state index in [-0.39, 0.29) is 6.61 Å². The van der Waals surface area contributed by atoms with Crippen LogP contribution < -0.4 is 10.3 Å². The Balaban J connectivity index is 2.02. The standard InChI is InChI=1S/C14H18BNO5/c1-3-4-7-20-14(17)21-15(18)13-9-10-8-11(19-2)5-6-12(10)16-13/h5-6,8-9,16,18H,3-4,7H2,1-2H3. The molecule has 21 heavy (non-hydrogen) atoms. The number of hydrogen-bond donors (Lipinski definition) is 2. The molecule has 0 spiro atoms. The Kier molecular flexibility index (Phi) is 5.11. The van der Waals surface area contributed by atoms with E-state index >= 15 is 0 Å². The van der Waals surface area contributed by atoms with E-state index in [1.165, 1.54) is 0 Å². The summed E-state index contributed by atoms with van der Waals surface area (Å²) in [5.41, 5.74) is 1.19. The van der Waals surface area contributed by atoms with Gasteiger partial charge in [0.25, 0.3) is 0 Å². The third-order valence-electron chi connectivity index (χ3n) is 3.04. The van der Waals surface area contributed by atoms with E-state index in [1.807, 2.05) is 19.1 Å². The fourth-order valence-corrected chi connectivity index (χ4v) is 1.88. The monoisotopic (exact) mass is 291 g/mol. The number of H-pyrrole nitrogens is 1. The average Bonchev–Trinajstić information content (AvgIpc) is 2.90. The Hall–Kier alpha value is -2.15. The van der Waals surface area contributed by atoms with Crippen LogP contribution in [0.2, 0.25) is 0 Å². The van der Waals surface area contributed by atoms with Gasteiger partial charge in [0.15, 0.2) is 0 Å². The van der Waals surface area contributed by atoms with Crippen molar-refractivity contribution < 1.29 is 23.9 Å². The Bertz CT molecular complexity index is 612. The summed E-state index contributed by atoms with van der Waals surface area (Å²) in [6.45, 7) is 2.27. The Morgan fingerprint density at radius 2 is 2.19 bits per heavy atom. The first-order chi connectivity index (χ1) is 10.1. The molecule has 0 unspecified atom stereocenters. The van der Waals surface area contributed by atoms with Gasteiger partial charge < -0.3 is 24.1 Å². The summed E-state index contributed by atoms with van der Waals surface area (Å²) in [6.07, 6.45) is 0.795. The van der Waals surface area contributed by atoms with E-state index < -0.39 is 13.3 Å². The molecule has 0 bridgehead atoms. The first kappa shape index (κ1) is 15.2. The summed E-state index contributed by atoms with van der Waals surface area (Å²) in [6, 6.07) is 7.14. The number of fused-ring (bicyclic) bond motifs is 1. The first-order valence-corrected chi connectivity index (χ1v) is 6.82. The summed E-state index contributed by atoms with van der Waals surface area (Å²) in [5.74, 6) is 0.711. The van der Waals surface area contributed by atoms with Crippen LogP contribution in [0.4, 0.5) is 4.79 Å². The zero-order valence-corrected chi connectivity index (χ0v) is 12.1. The van der Waals surface area contributed by atoms with Gasteiger partial charge in [0, 0.05) is 10.9 Å². The third-order valence-corrected chi connectivity index (χ3v) is 3.04. The highest BCUT2D eigenvalue weighted by Gasteiger charge is 2.24. The number of hydrogen-bond acceptors (Lipinski definition) is 5. The second-order valence-electron chi connectivity index (χ2n) is 4.60. The molecular formula is C14H18BNO5. The maximum atomic E-state index is 11.4. The number of rotatable bonds is 6. The summed E-state index contributed by atoms with van der Waals surface area (Å²) >= 11 is 0.